The van der Waals surface area contributed by atoms with Crippen molar-refractivity contribution in [2.45, 2.75) is 38.5 Å². The third kappa shape index (κ3) is 13.2. The zero-order valence-electron chi connectivity index (χ0n) is 17.6. The van der Waals surface area contributed by atoms with Crippen LogP contribution in [0.4, 0.5) is 0 Å². The van der Waals surface area contributed by atoms with E-state index in [2.05, 4.69) is 27.6 Å². The van der Waals surface area contributed by atoms with E-state index in [1.807, 2.05) is 0 Å². The second-order valence-corrected chi connectivity index (χ2v) is 7.41. The number of likely N-dealkylation sites (N-methyl/N-ethyl adjacent to an activating group) is 2. The second-order valence-electron chi connectivity index (χ2n) is 7.41. The molecule has 0 aliphatic heterocycles. The zero-order valence-corrected chi connectivity index (χ0v) is 20.0. The lowest BCUT2D eigenvalue weighted by atomic mass is 9.89. The molecule has 1 amide bonds. The summed E-state index contributed by atoms with van der Waals surface area (Å²) < 4.78 is 5.09. The smallest absolute Gasteiger partial charge is 0.243 e. The van der Waals surface area contributed by atoms with Crippen LogP contribution in [-0.4, -0.2) is 89.3 Å². The predicted octanol–water partition coefficient (Wildman–Crippen LogP) is 1.78. The molecule has 1 fully saturated rings. The molecule has 0 aromatic rings. The monoisotopic (exact) mass is 497 g/mol. The van der Waals surface area contributed by atoms with Crippen LogP contribution in [0, 0.1) is 5.92 Å². The van der Waals surface area contributed by atoms with E-state index in [1.165, 1.54) is 32.1 Å². The zero-order chi connectivity index (χ0) is 19.2. The van der Waals surface area contributed by atoms with Gasteiger partial charge in [-0.15, -0.1) is 24.0 Å². The van der Waals surface area contributed by atoms with Gasteiger partial charge in [-0.2, -0.15) is 0 Å². The molecule has 8 heteroatoms. The Morgan fingerprint density at radius 2 is 1.81 bits per heavy atom. The average molecular weight is 497 g/mol. The highest BCUT2D eigenvalue weighted by Gasteiger charge is 2.14. The summed E-state index contributed by atoms with van der Waals surface area (Å²) in [5.41, 5.74) is 0. The summed E-state index contributed by atoms with van der Waals surface area (Å²) in [7, 11) is 7.36. The molecule has 2 N–H and O–H groups in total. The maximum absolute atomic E-state index is 11.8. The molecule has 7 nitrogen and oxygen atoms in total. The number of ether oxygens (including phenoxy) is 1. The van der Waals surface area contributed by atoms with E-state index in [-0.39, 0.29) is 36.4 Å². The van der Waals surface area contributed by atoms with Gasteiger partial charge in [0.1, 0.15) is 6.54 Å². The number of hydrogen-bond donors (Lipinski definition) is 2. The summed E-state index contributed by atoms with van der Waals surface area (Å²) in [4.78, 5) is 20.1. The molecule has 1 rings (SSSR count). The minimum Gasteiger partial charge on any atom is -0.385 e. The van der Waals surface area contributed by atoms with Crippen molar-refractivity contribution in [2.75, 3.05) is 67.6 Å². The van der Waals surface area contributed by atoms with Crippen molar-refractivity contribution in [3.63, 3.8) is 0 Å². The minimum atomic E-state index is 0. The Balaban J connectivity index is 0.00000676. The highest BCUT2D eigenvalue weighted by molar-refractivity contribution is 14.0. The minimum absolute atomic E-state index is 0. The number of carbonyl (C=O) groups excluding carboxylic acids is 1. The highest BCUT2D eigenvalue weighted by atomic mass is 127. The first-order valence-corrected chi connectivity index (χ1v) is 9.92. The topological polar surface area (TPSA) is 69.2 Å². The summed E-state index contributed by atoms with van der Waals surface area (Å²) in [6.45, 7) is 4.64. The number of rotatable bonds is 11. The predicted molar refractivity (Wildman–Crippen MR) is 123 cm³/mol. The molecule has 0 aromatic carbocycles. The first kappa shape index (κ1) is 26.4. The van der Waals surface area contributed by atoms with Gasteiger partial charge in [0.05, 0.1) is 0 Å². The molecule has 0 aromatic heterocycles. The van der Waals surface area contributed by atoms with Gasteiger partial charge in [0.15, 0.2) is 5.96 Å². The van der Waals surface area contributed by atoms with Crippen molar-refractivity contribution >= 4 is 35.8 Å². The Hall–Kier alpha value is -0.610. The van der Waals surface area contributed by atoms with Crippen LogP contribution in [0.3, 0.4) is 0 Å². The number of nitrogens with one attached hydrogen (secondary N) is 2. The van der Waals surface area contributed by atoms with Gasteiger partial charge in [-0.3, -0.25) is 4.79 Å². The highest BCUT2D eigenvalue weighted by Crippen LogP contribution is 2.22. The molecular weight excluding hydrogens is 457 g/mol. The molecule has 160 valence electrons. The number of amides is 1. The van der Waals surface area contributed by atoms with Crippen molar-refractivity contribution in [3.05, 3.63) is 0 Å². The lowest BCUT2D eigenvalue weighted by molar-refractivity contribution is -0.127. The maximum atomic E-state index is 11.8. The average Bonchev–Trinajstić information content (AvgIpc) is 2.64. The molecule has 0 atom stereocenters. The van der Waals surface area contributed by atoms with Crippen LogP contribution >= 0.6 is 24.0 Å². The molecule has 0 saturated heterocycles. The van der Waals surface area contributed by atoms with E-state index in [0.717, 1.165) is 51.1 Å². The van der Waals surface area contributed by atoms with E-state index < -0.39 is 0 Å². The fourth-order valence-corrected chi connectivity index (χ4v) is 3.05. The fourth-order valence-electron chi connectivity index (χ4n) is 3.05. The molecular formula is C19H40IN5O2. The second kappa shape index (κ2) is 16.4. The lowest BCUT2D eigenvalue weighted by Crippen LogP contribution is -2.43. The van der Waals surface area contributed by atoms with E-state index in [4.69, 9.17) is 4.74 Å². The van der Waals surface area contributed by atoms with Gasteiger partial charge in [-0.25, -0.2) is 4.99 Å². The number of guanidine groups is 1. The summed E-state index contributed by atoms with van der Waals surface area (Å²) >= 11 is 0. The van der Waals surface area contributed by atoms with Gasteiger partial charge in [0.25, 0.3) is 0 Å². The van der Waals surface area contributed by atoms with Crippen LogP contribution < -0.4 is 10.6 Å². The molecule has 0 spiro atoms. The van der Waals surface area contributed by atoms with Crippen LogP contribution in [0.5, 0.6) is 0 Å². The number of nitrogens with zero attached hydrogens (tertiary/aromatic N) is 3. The van der Waals surface area contributed by atoms with Gasteiger partial charge in [0.2, 0.25) is 5.91 Å². The Labute approximate surface area is 182 Å². The van der Waals surface area contributed by atoms with Gasteiger partial charge in [-0.05, 0) is 32.2 Å². The van der Waals surface area contributed by atoms with Crippen molar-refractivity contribution in [2.24, 2.45) is 10.9 Å². The molecule has 0 unspecified atom stereocenters. The van der Waals surface area contributed by atoms with E-state index in [0.29, 0.717) is 0 Å². The van der Waals surface area contributed by atoms with Crippen LogP contribution in [0.15, 0.2) is 4.99 Å². The first-order valence-electron chi connectivity index (χ1n) is 9.92. The third-order valence-corrected chi connectivity index (χ3v) is 4.83. The fraction of sp³-hybridized carbons (Fsp3) is 0.895. The van der Waals surface area contributed by atoms with Crippen LogP contribution in [0.1, 0.15) is 38.5 Å². The molecule has 1 saturated carbocycles. The first-order chi connectivity index (χ1) is 12.5. The molecule has 0 radical (unpaired) electrons. The number of methoxy groups -OCH3 is 1. The molecule has 1 aliphatic carbocycles. The Kier molecular flexibility index (Phi) is 16.0. The van der Waals surface area contributed by atoms with Gasteiger partial charge in [-0.1, -0.05) is 19.3 Å². The third-order valence-electron chi connectivity index (χ3n) is 4.83. The Bertz CT molecular complexity index is 415. The van der Waals surface area contributed by atoms with Gasteiger partial charge < -0.3 is 25.2 Å². The van der Waals surface area contributed by atoms with Crippen molar-refractivity contribution in [3.8, 4) is 0 Å². The summed E-state index contributed by atoms with van der Waals surface area (Å²) in [5, 5.41) is 6.81. The normalized spacial score (nSPS) is 15.4. The maximum Gasteiger partial charge on any atom is 0.243 e. The SMILES string of the molecule is COCCCN(C)CCNC(=NCC(=O)N(C)C)NCC1CCCCC1.I. The largest absolute Gasteiger partial charge is 0.385 e. The van der Waals surface area contributed by atoms with Gasteiger partial charge >= 0.3 is 0 Å². The Morgan fingerprint density at radius 1 is 1.11 bits per heavy atom. The van der Waals surface area contributed by atoms with Crippen molar-refractivity contribution < 1.29 is 9.53 Å². The van der Waals surface area contributed by atoms with Crippen molar-refractivity contribution in [1.82, 2.24) is 20.4 Å². The molecule has 0 bridgehead atoms. The van der Waals surface area contributed by atoms with E-state index >= 15 is 0 Å². The van der Waals surface area contributed by atoms with Crippen LogP contribution in [0.25, 0.3) is 0 Å². The molecule has 0 heterocycles. The summed E-state index contributed by atoms with van der Waals surface area (Å²) in [6.07, 6.45) is 7.64. The number of halogens is 1. The van der Waals surface area contributed by atoms with E-state index in [9.17, 15) is 4.79 Å². The standard InChI is InChI=1S/C19H39N5O2.HI/c1-23(2)18(25)16-22-19(21-15-17-9-6-5-7-10-17)20-11-13-24(3)12-8-14-26-4;/h17H,5-16H2,1-4H3,(H2,20,21,22);1H. The molecule has 1 aliphatic rings. The number of carbonyl (C=O) groups is 1. The number of aliphatic imine (C=N–C) groups is 1. The van der Waals surface area contributed by atoms with E-state index in [1.54, 1.807) is 26.1 Å². The summed E-state index contributed by atoms with van der Waals surface area (Å²) in [5.74, 6) is 1.48. The summed E-state index contributed by atoms with van der Waals surface area (Å²) in [6, 6.07) is 0. The Morgan fingerprint density at radius 3 is 2.44 bits per heavy atom. The quantitative estimate of drug-likeness (QED) is 0.197. The van der Waals surface area contributed by atoms with Crippen LogP contribution in [-0.2, 0) is 9.53 Å². The lowest BCUT2D eigenvalue weighted by Gasteiger charge is -2.23. The molecule has 27 heavy (non-hydrogen) atoms. The van der Waals surface area contributed by atoms with Crippen molar-refractivity contribution in [1.29, 1.82) is 0 Å². The number of hydrogen-bond acceptors (Lipinski definition) is 4. The van der Waals surface area contributed by atoms with Crippen LogP contribution in [0.2, 0.25) is 0 Å². The van der Waals surface area contributed by atoms with Gasteiger partial charge in [0, 0.05) is 54.0 Å².